The third-order valence-corrected chi connectivity index (χ3v) is 3.17. The maximum Gasteiger partial charge on any atom is 0.156 e. The fourth-order valence-electron chi connectivity index (χ4n) is 1.96. The Bertz CT molecular complexity index is 366. The summed E-state index contributed by atoms with van der Waals surface area (Å²) in [5.74, 6) is 7.53. The Labute approximate surface area is 102 Å². The molecule has 0 bridgehead atoms. The molecule has 0 amide bonds. The monoisotopic (exact) mass is 236 g/mol. The minimum atomic E-state index is 0.461. The average Bonchev–Trinajstić information content (AvgIpc) is 2.25. The Morgan fingerprint density at radius 1 is 1.47 bits per heavy atom. The SMILES string of the molecule is Cc1cc(NN)nc(COCCC2CCC2)n1. The van der Waals surface area contributed by atoms with Gasteiger partial charge >= 0.3 is 0 Å². The molecule has 0 aliphatic heterocycles. The Morgan fingerprint density at radius 2 is 2.29 bits per heavy atom. The molecule has 1 aliphatic carbocycles. The molecule has 1 heterocycles. The normalized spacial score (nSPS) is 15.6. The van der Waals surface area contributed by atoms with Crippen molar-refractivity contribution < 1.29 is 4.74 Å². The second kappa shape index (κ2) is 5.93. The van der Waals surface area contributed by atoms with Crippen molar-refractivity contribution >= 4 is 5.82 Å². The van der Waals surface area contributed by atoms with Gasteiger partial charge in [-0.2, -0.15) is 0 Å². The third-order valence-electron chi connectivity index (χ3n) is 3.17. The number of hydrazine groups is 1. The summed E-state index contributed by atoms with van der Waals surface area (Å²) in [5.41, 5.74) is 3.42. The highest BCUT2D eigenvalue weighted by molar-refractivity contribution is 5.33. The van der Waals surface area contributed by atoms with Crippen LogP contribution < -0.4 is 11.3 Å². The molecule has 0 spiro atoms. The van der Waals surface area contributed by atoms with E-state index in [1.807, 2.05) is 6.92 Å². The van der Waals surface area contributed by atoms with Crippen molar-refractivity contribution in [1.29, 1.82) is 0 Å². The van der Waals surface area contributed by atoms with E-state index < -0.39 is 0 Å². The lowest BCUT2D eigenvalue weighted by atomic mass is 9.83. The lowest BCUT2D eigenvalue weighted by molar-refractivity contribution is 0.0906. The summed E-state index contributed by atoms with van der Waals surface area (Å²) >= 11 is 0. The van der Waals surface area contributed by atoms with Crippen LogP contribution in [-0.4, -0.2) is 16.6 Å². The molecule has 0 atom stereocenters. The number of nitrogens with two attached hydrogens (primary N) is 1. The molecule has 1 aliphatic rings. The molecule has 5 nitrogen and oxygen atoms in total. The number of hydrogen-bond acceptors (Lipinski definition) is 5. The van der Waals surface area contributed by atoms with Crippen molar-refractivity contribution in [3.63, 3.8) is 0 Å². The van der Waals surface area contributed by atoms with Gasteiger partial charge in [-0.05, 0) is 19.3 Å². The van der Waals surface area contributed by atoms with Crippen molar-refractivity contribution in [2.45, 2.75) is 39.2 Å². The summed E-state index contributed by atoms with van der Waals surface area (Å²) in [7, 11) is 0. The van der Waals surface area contributed by atoms with Gasteiger partial charge in [0.05, 0.1) is 0 Å². The lowest BCUT2D eigenvalue weighted by Gasteiger charge is -2.24. The zero-order chi connectivity index (χ0) is 12.1. The van der Waals surface area contributed by atoms with E-state index >= 15 is 0 Å². The fourth-order valence-corrected chi connectivity index (χ4v) is 1.96. The molecule has 3 N–H and O–H groups in total. The van der Waals surface area contributed by atoms with Gasteiger partial charge in [0, 0.05) is 18.4 Å². The van der Waals surface area contributed by atoms with E-state index in [1.165, 1.54) is 19.3 Å². The highest BCUT2D eigenvalue weighted by Gasteiger charge is 2.16. The van der Waals surface area contributed by atoms with Gasteiger partial charge in [0.1, 0.15) is 12.4 Å². The summed E-state index contributed by atoms with van der Waals surface area (Å²) in [6.07, 6.45) is 5.28. The molecule has 1 saturated carbocycles. The summed E-state index contributed by atoms with van der Waals surface area (Å²) in [6.45, 7) is 3.18. The van der Waals surface area contributed by atoms with Gasteiger partial charge in [-0.1, -0.05) is 19.3 Å². The average molecular weight is 236 g/mol. The van der Waals surface area contributed by atoms with Crippen LogP contribution in [0.15, 0.2) is 6.07 Å². The molecule has 1 aromatic heterocycles. The zero-order valence-corrected chi connectivity index (χ0v) is 10.3. The van der Waals surface area contributed by atoms with Gasteiger partial charge in [-0.25, -0.2) is 15.8 Å². The van der Waals surface area contributed by atoms with Crippen LogP contribution in [0, 0.1) is 12.8 Å². The summed E-state index contributed by atoms with van der Waals surface area (Å²) in [6, 6.07) is 1.80. The quantitative estimate of drug-likeness (QED) is 0.447. The maximum absolute atomic E-state index is 5.59. The van der Waals surface area contributed by atoms with Crippen molar-refractivity contribution in [2.24, 2.45) is 11.8 Å². The highest BCUT2D eigenvalue weighted by Crippen LogP contribution is 2.29. The standard InChI is InChI=1S/C12H20N4O/c1-9-7-11(16-13)15-12(14-9)8-17-6-5-10-3-2-4-10/h7,10H,2-6,8,13H2,1H3,(H,14,15,16). The molecule has 17 heavy (non-hydrogen) atoms. The smallest absolute Gasteiger partial charge is 0.156 e. The number of aryl methyl sites for hydroxylation is 1. The number of aromatic nitrogens is 2. The molecule has 1 fully saturated rings. The molecule has 5 heteroatoms. The Kier molecular flexibility index (Phi) is 4.28. The van der Waals surface area contributed by atoms with Crippen molar-refractivity contribution in [2.75, 3.05) is 12.0 Å². The lowest BCUT2D eigenvalue weighted by Crippen LogP contribution is -2.14. The minimum absolute atomic E-state index is 0.461. The van der Waals surface area contributed by atoms with Crippen LogP contribution >= 0.6 is 0 Å². The first kappa shape index (κ1) is 12.3. The highest BCUT2D eigenvalue weighted by atomic mass is 16.5. The van der Waals surface area contributed by atoms with Gasteiger partial charge in [0.15, 0.2) is 5.82 Å². The van der Waals surface area contributed by atoms with Gasteiger partial charge in [-0.3, -0.25) is 0 Å². The predicted molar refractivity (Wildman–Crippen MR) is 66.2 cm³/mol. The second-order valence-electron chi connectivity index (χ2n) is 4.59. The first-order valence-corrected chi connectivity index (χ1v) is 6.17. The first-order chi connectivity index (χ1) is 8.28. The topological polar surface area (TPSA) is 73.1 Å². The number of ether oxygens (including phenoxy) is 1. The first-order valence-electron chi connectivity index (χ1n) is 6.17. The van der Waals surface area contributed by atoms with Crippen LogP contribution in [0.1, 0.15) is 37.2 Å². The Balaban J connectivity index is 1.75. The minimum Gasteiger partial charge on any atom is -0.373 e. The van der Waals surface area contributed by atoms with E-state index in [0.717, 1.165) is 24.6 Å². The molecule has 94 valence electrons. The number of anilines is 1. The largest absolute Gasteiger partial charge is 0.373 e. The van der Waals surface area contributed by atoms with E-state index in [4.69, 9.17) is 10.6 Å². The summed E-state index contributed by atoms with van der Waals surface area (Å²) in [5, 5.41) is 0. The number of rotatable bonds is 6. The molecule has 2 rings (SSSR count). The summed E-state index contributed by atoms with van der Waals surface area (Å²) in [4.78, 5) is 8.53. The maximum atomic E-state index is 5.59. The number of nitrogens with zero attached hydrogens (tertiary/aromatic N) is 2. The van der Waals surface area contributed by atoms with Crippen molar-refractivity contribution in [1.82, 2.24) is 9.97 Å². The zero-order valence-electron chi connectivity index (χ0n) is 10.3. The van der Waals surface area contributed by atoms with Crippen LogP contribution in [0.2, 0.25) is 0 Å². The Hall–Kier alpha value is -1.20. The van der Waals surface area contributed by atoms with Crippen molar-refractivity contribution in [3.8, 4) is 0 Å². The van der Waals surface area contributed by atoms with E-state index in [1.54, 1.807) is 6.07 Å². The third kappa shape index (κ3) is 3.64. The van der Waals surface area contributed by atoms with Gasteiger partial charge < -0.3 is 10.2 Å². The Morgan fingerprint density at radius 3 is 2.94 bits per heavy atom. The van der Waals surface area contributed by atoms with Crippen LogP contribution in [0.5, 0.6) is 0 Å². The van der Waals surface area contributed by atoms with Gasteiger partial charge in [0.2, 0.25) is 0 Å². The second-order valence-corrected chi connectivity index (χ2v) is 4.59. The molecular formula is C12H20N4O. The van der Waals surface area contributed by atoms with Crippen LogP contribution in [-0.2, 0) is 11.3 Å². The van der Waals surface area contributed by atoms with Gasteiger partial charge in [-0.15, -0.1) is 0 Å². The molecule has 1 aromatic rings. The van der Waals surface area contributed by atoms with Gasteiger partial charge in [0.25, 0.3) is 0 Å². The molecule has 0 aromatic carbocycles. The fraction of sp³-hybridized carbons (Fsp3) is 0.667. The molecule has 0 saturated heterocycles. The van der Waals surface area contributed by atoms with Crippen LogP contribution in [0.4, 0.5) is 5.82 Å². The van der Waals surface area contributed by atoms with Crippen molar-refractivity contribution in [3.05, 3.63) is 17.6 Å². The van der Waals surface area contributed by atoms with E-state index in [2.05, 4.69) is 15.4 Å². The van der Waals surface area contributed by atoms with Crippen LogP contribution in [0.25, 0.3) is 0 Å². The molecule has 0 radical (unpaired) electrons. The predicted octanol–water partition coefficient (Wildman–Crippen LogP) is 1.78. The van der Waals surface area contributed by atoms with E-state index in [0.29, 0.717) is 18.2 Å². The summed E-state index contributed by atoms with van der Waals surface area (Å²) < 4.78 is 5.59. The number of hydrogen-bond donors (Lipinski definition) is 2. The van der Waals surface area contributed by atoms with Crippen LogP contribution in [0.3, 0.4) is 0 Å². The van der Waals surface area contributed by atoms with E-state index in [9.17, 15) is 0 Å². The molecule has 0 unspecified atom stereocenters. The number of nitrogens with one attached hydrogen (secondary N) is 1. The number of nitrogen functional groups attached to an aromatic ring is 1. The van der Waals surface area contributed by atoms with E-state index in [-0.39, 0.29) is 0 Å². The molecular weight excluding hydrogens is 216 g/mol.